The quantitative estimate of drug-likeness (QED) is 0.801. The molecule has 1 aromatic carbocycles. The van der Waals surface area contributed by atoms with Gasteiger partial charge in [0.2, 0.25) is 5.91 Å². The summed E-state index contributed by atoms with van der Waals surface area (Å²) in [6.45, 7) is 0. The average Bonchev–Trinajstić information content (AvgIpc) is 2.39. The molecule has 0 saturated heterocycles. The lowest BCUT2D eigenvalue weighted by Crippen LogP contribution is -2.20. The number of amides is 1. The maximum atomic E-state index is 11.2. The van der Waals surface area contributed by atoms with Crippen LogP contribution in [0.1, 0.15) is 24.3 Å². The van der Waals surface area contributed by atoms with Gasteiger partial charge >= 0.3 is 5.97 Å². The molecular formula is C13H17NO4. The molecule has 0 aliphatic rings. The normalized spacial score (nSPS) is 11.7. The fraction of sp³-hybridized carbons (Fsp3) is 0.385. The van der Waals surface area contributed by atoms with Crippen molar-refractivity contribution in [1.82, 2.24) is 5.32 Å². The van der Waals surface area contributed by atoms with Crippen molar-refractivity contribution in [2.75, 3.05) is 14.2 Å². The number of carboxylic acid groups (broad SMARTS) is 1. The zero-order chi connectivity index (χ0) is 13.5. The molecule has 0 radical (unpaired) electrons. The Hall–Kier alpha value is -2.04. The molecule has 5 nitrogen and oxygen atoms in total. The van der Waals surface area contributed by atoms with Crippen LogP contribution in [0.3, 0.4) is 0 Å². The van der Waals surface area contributed by atoms with Crippen molar-refractivity contribution in [1.29, 1.82) is 0 Å². The van der Waals surface area contributed by atoms with E-state index in [1.807, 2.05) is 0 Å². The Labute approximate surface area is 106 Å². The first kappa shape index (κ1) is 14.0. The van der Waals surface area contributed by atoms with E-state index in [9.17, 15) is 14.7 Å². The summed E-state index contributed by atoms with van der Waals surface area (Å²) < 4.78 is 5.01. The third-order valence-corrected chi connectivity index (χ3v) is 2.76. The lowest BCUT2D eigenvalue weighted by atomic mass is 9.94. The second-order valence-electron chi connectivity index (χ2n) is 3.88. The Balaban J connectivity index is 2.77. The van der Waals surface area contributed by atoms with Crippen LogP contribution in [0.25, 0.3) is 0 Å². The van der Waals surface area contributed by atoms with Crippen LogP contribution < -0.4 is 10.1 Å². The van der Waals surface area contributed by atoms with E-state index in [1.54, 1.807) is 31.4 Å². The molecule has 1 rings (SSSR count). The molecule has 1 amide bonds. The molecule has 0 aromatic heterocycles. The molecule has 0 aliphatic heterocycles. The van der Waals surface area contributed by atoms with Gasteiger partial charge in [-0.3, -0.25) is 9.59 Å². The summed E-state index contributed by atoms with van der Waals surface area (Å²) in [4.78, 5) is 22.3. The Morgan fingerprint density at radius 2 is 1.94 bits per heavy atom. The molecule has 0 heterocycles. The Kier molecular flexibility index (Phi) is 5.17. The number of hydrogen-bond acceptors (Lipinski definition) is 3. The van der Waals surface area contributed by atoms with E-state index >= 15 is 0 Å². The number of carbonyl (C=O) groups excluding carboxylic acids is 1. The van der Waals surface area contributed by atoms with Crippen LogP contribution in [-0.4, -0.2) is 31.1 Å². The van der Waals surface area contributed by atoms with Crippen molar-refractivity contribution in [3.05, 3.63) is 29.8 Å². The van der Waals surface area contributed by atoms with Crippen molar-refractivity contribution in [3.8, 4) is 5.75 Å². The first-order valence-corrected chi connectivity index (χ1v) is 5.65. The van der Waals surface area contributed by atoms with Crippen LogP contribution in [-0.2, 0) is 9.59 Å². The molecule has 1 unspecified atom stereocenters. The fourth-order valence-electron chi connectivity index (χ4n) is 1.67. The van der Waals surface area contributed by atoms with Crippen molar-refractivity contribution in [2.45, 2.75) is 18.8 Å². The molecule has 1 atom stereocenters. The molecule has 0 spiro atoms. The number of carbonyl (C=O) groups is 2. The molecule has 5 heteroatoms. The van der Waals surface area contributed by atoms with Crippen LogP contribution >= 0.6 is 0 Å². The maximum absolute atomic E-state index is 11.2. The summed E-state index contributed by atoms with van der Waals surface area (Å²) in [6, 6.07) is 6.85. The largest absolute Gasteiger partial charge is 0.497 e. The van der Waals surface area contributed by atoms with Crippen LogP contribution in [0, 0.1) is 0 Å². The topological polar surface area (TPSA) is 75.6 Å². The highest BCUT2D eigenvalue weighted by Gasteiger charge is 2.20. The van der Waals surface area contributed by atoms with Gasteiger partial charge in [-0.25, -0.2) is 0 Å². The molecule has 2 N–H and O–H groups in total. The predicted octanol–water partition coefficient (Wildman–Crippen LogP) is 1.39. The van der Waals surface area contributed by atoms with Gasteiger partial charge in [-0.15, -0.1) is 0 Å². The summed E-state index contributed by atoms with van der Waals surface area (Å²) in [5.41, 5.74) is 0.673. The number of hydrogen-bond donors (Lipinski definition) is 2. The highest BCUT2D eigenvalue weighted by molar-refractivity contribution is 5.79. The SMILES string of the molecule is CNC(=O)CCC(C(=O)O)c1ccc(OC)cc1. The van der Waals surface area contributed by atoms with Gasteiger partial charge in [-0.05, 0) is 24.1 Å². The van der Waals surface area contributed by atoms with Gasteiger partial charge < -0.3 is 15.2 Å². The van der Waals surface area contributed by atoms with Crippen molar-refractivity contribution >= 4 is 11.9 Å². The standard InChI is InChI=1S/C13H17NO4/c1-14-12(15)8-7-11(13(16)17)9-3-5-10(18-2)6-4-9/h3-6,11H,7-8H2,1-2H3,(H,14,15)(H,16,17). The molecule has 0 saturated carbocycles. The predicted molar refractivity (Wildman–Crippen MR) is 66.7 cm³/mol. The first-order chi connectivity index (χ1) is 8.58. The van der Waals surface area contributed by atoms with Crippen LogP contribution in [0.5, 0.6) is 5.75 Å². The Morgan fingerprint density at radius 1 is 1.33 bits per heavy atom. The van der Waals surface area contributed by atoms with Crippen LogP contribution in [0.2, 0.25) is 0 Å². The third-order valence-electron chi connectivity index (χ3n) is 2.76. The molecule has 0 bridgehead atoms. The van der Waals surface area contributed by atoms with Crippen molar-refractivity contribution in [3.63, 3.8) is 0 Å². The Bertz CT molecular complexity index is 414. The summed E-state index contributed by atoms with van der Waals surface area (Å²) >= 11 is 0. The number of carboxylic acids is 1. The van der Waals surface area contributed by atoms with E-state index in [2.05, 4.69) is 5.32 Å². The Morgan fingerprint density at radius 3 is 2.39 bits per heavy atom. The zero-order valence-corrected chi connectivity index (χ0v) is 10.5. The summed E-state index contributed by atoms with van der Waals surface area (Å²) in [5, 5.41) is 11.7. The first-order valence-electron chi connectivity index (χ1n) is 5.65. The summed E-state index contributed by atoms with van der Waals surface area (Å²) in [6.07, 6.45) is 0.473. The van der Waals surface area contributed by atoms with E-state index in [0.717, 1.165) is 0 Å². The molecule has 1 aromatic rings. The van der Waals surface area contributed by atoms with E-state index in [1.165, 1.54) is 7.05 Å². The number of ether oxygens (including phenoxy) is 1. The van der Waals surface area contributed by atoms with Gasteiger partial charge in [-0.2, -0.15) is 0 Å². The molecule has 0 aliphatic carbocycles. The van der Waals surface area contributed by atoms with Crippen LogP contribution in [0.15, 0.2) is 24.3 Å². The maximum Gasteiger partial charge on any atom is 0.310 e. The molecular weight excluding hydrogens is 234 g/mol. The fourth-order valence-corrected chi connectivity index (χ4v) is 1.67. The van der Waals surface area contributed by atoms with Crippen molar-refractivity contribution < 1.29 is 19.4 Å². The van der Waals surface area contributed by atoms with Gasteiger partial charge in [0.15, 0.2) is 0 Å². The minimum atomic E-state index is -0.927. The van der Waals surface area contributed by atoms with Gasteiger partial charge in [-0.1, -0.05) is 12.1 Å². The minimum Gasteiger partial charge on any atom is -0.497 e. The summed E-state index contributed by atoms with van der Waals surface area (Å²) in [5.74, 6) is -1.08. The molecule has 98 valence electrons. The van der Waals surface area contributed by atoms with E-state index in [-0.39, 0.29) is 18.7 Å². The average molecular weight is 251 g/mol. The highest BCUT2D eigenvalue weighted by atomic mass is 16.5. The number of aliphatic carboxylic acids is 1. The third kappa shape index (κ3) is 3.76. The smallest absolute Gasteiger partial charge is 0.310 e. The van der Waals surface area contributed by atoms with E-state index in [4.69, 9.17) is 4.74 Å². The lowest BCUT2D eigenvalue weighted by molar-refractivity contribution is -0.139. The van der Waals surface area contributed by atoms with E-state index in [0.29, 0.717) is 11.3 Å². The second-order valence-corrected chi connectivity index (χ2v) is 3.88. The van der Waals surface area contributed by atoms with Gasteiger partial charge in [0.05, 0.1) is 13.0 Å². The van der Waals surface area contributed by atoms with Crippen LogP contribution in [0.4, 0.5) is 0 Å². The van der Waals surface area contributed by atoms with Gasteiger partial charge in [0.25, 0.3) is 0 Å². The monoisotopic (exact) mass is 251 g/mol. The summed E-state index contributed by atoms with van der Waals surface area (Å²) in [7, 11) is 3.08. The van der Waals surface area contributed by atoms with Crippen molar-refractivity contribution in [2.24, 2.45) is 0 Å². The number of nitrogens with one attached hydrogen (secondary N) is 1. The van der Waals surface area contributed by atoms with E-state index < -0.39 is 11.9 Å². The lowest BCUT2D eigenvalue weighted by Gasteiger charge is -2.12. The molecule has 0 fully saturated rings. The second kappa shape index (κ2) is 6.64. The van der Waals surface area contributed by atoms with Gasteiger partial charge in [0, 0.05) is 13.5 Å². The van der Waals surface area contributed by atoms with Gasteiger partial charge in [0.1, 0.15) is 5.75 Å². The number of methoxy groups -OCH3 is 1. The highest BCUT2D eigenvalue weighted by Crippen LogP contribution is 2.23. The minimum absolute atomic E-state index is 0.158. The molecule has 18 heavy (non-hydrogen) atoms. The zero-order valence-electron chi connectivity index (χ0n) is 10.5. The number of benzene rings is 1. The number of rotatable bonds is 6.